The van der Waals surface area contributed by atoms with Gasteiger partial charge in [0.2, 0.25) is 0 Å². The number of rotatable bonds is 8. The maximum atomic E-state index is 14.8. The summed E-state index contributed by atoms with van der Waals surface area (Å²) in [5.74, 6) is -0.198. The summed E-state index contributed by atoms with van der Waals surface area (Å²) in [5, 5.41) is 17.7. The molecule has 0 fully saturated rings. The van der Waals surface area contributed by atoms with Gasteiger partial charge < -0.3 is 15.2 Å². The molecular weight excluding hydrogens is 463 g/mol. The number of benzene rings is 2. The van der Waals surface area contributed by atoms with Gasteiger partial charge in [-0.15, -0.1) is 0 Å². The molecule has 0 aliphatic heterocycles. The number of halogens is 1. The summed E-state index contributed by atoms with van der Waals surface area (Å²) >= 11 is 0. The normalized spacial score (nSPS) is 10.9. The second kappa shape index (κ2) is 9.79. The molecule has 5 rings (SSSR count). The van der Waals surface area contributed by atoms with Gasteiger partial charge in [0.05, 0.1) is 31.8 Å². The Morgan fingerprint density at radius 2 is 1.94 bits per heavy atom. The SMILES string of the molecule is COc1cnc(-c2nn(Cc3ccc(CC(=O)O)cc3F)c3ccccc23)nc1Nc1ccncc1. The van der Waals surface area contributed by atoms with E-state index >= 15 is 0 Å². The Kier molecular flexibility index (Phi) is 6.23. The second-order valence-electron chi connectivity index (χ2n) is 7.99. The molecule has 5 aromatic rings. The Balaban J connectivity index is 1.53. The number of anilines is 2. The largest absolute Gasteiger partial charge is 0.491 e. The number of para-hydroxylation sites is 1. The number of aliphatic carboxylic acids is 1. The van der Waals surface area contributed by atoms with E-state index < -0.39 is 11.8 Å². The van der Waals surface area contributed by atoms with E-state index in [0.29, 0.717) is 34.2 Å². The number of nitrogens with one attached hydrogen (secondary N) is 1. The lowest BCUT2D eigenvalue weighted by atomic mass is 10.1. The molecule has 0 unspecified atom stereocenters. The maximum absolute atomic E-state index is 14.8. The van der Waals surface area contributed by atoms with E-state index in [0.717, 1.165) is 16.6 Å². The first-order valence-electron chi connectivity index (χ1n) is 11.0. The van der Waals surface area contributed by atoms with Crippen LogP contribution < -0.4 is 10.1 Å². The number of nitrogens with zero attached hydrogens (tertiary/aromatic N) is 5. The fourth-order valence-electron chi connectivity index (χ4n) is 3.87. The zero-order chi connectivity index (χ0) is 25.1. The minimum Gasteiger partial charge on any atom is -0.491 e. The molecule has 0 aliphatic rings. The third-order valence-electron chi connectivity index (χ3n) is 5.58. The van der Waals surface area contributed by atoms with Crippen LogP contribution in [0.3, 0.4) is 0 Å². The van der Waals surface area contributed by atoms with Crippen LogP contribution in [-0.4, -0.2) is 42.9 Å². The highest BCUT2D eigenvalue weighted by Gasteiger charge is 2.18. The van der Waals surface area contributed by atoms with Crippen molar-refractivity contribution in [2.24, 2.45) is 0 Å². The summed E-state index contributed by atoms with van der Waals surface area (Å²) in [7, 11) is 1.54. The Hall–Kier alpha value is -4.86. The number of aromatic nitrogens is 5. The lowest BCUT2D eigenvalue weighted by Gasteiger charge is -2.10. The highest BCUT2D eigenvalue weighted by Crippen LogP contribution is 2.31. The molecule has 0 saturated heterocycles. The number of hydrogen-bond acceptors (Lipinski definition) is 7. The molecule has 2 aromatic carbocycles. The highest BCUT2D eigenvalue weighted by molar-refractivity contribution is 5.92. The average Bonchev–Trinajstić information content (AvgIpc) is 3.24. The first kappa shape index (κ1) is 22.9. The standard InChI is InChI=1S/C26H21FN6O3/c1-36-22-14-29-26(31-25(22)30-18-8-10-28-11-9-18)24-19-4-2-3-5-21(19)33(32-24)15-17-7-6-16(12-20(17)27)13-23(34)35/h2-12,14H,13,15H2,1H3,(H,34,35)(H,28,29,30,31). The minimum absolute atomic E-state index is 0.151. The summed E-state index contributed by atoms with van der Waals surface area (Å²) in [6, 6.07) is 15.6. The van der Waals surface area contributed by atoms with Gasteiger partial charge in [-0.1, -0.05) is 30.3 Å². The number of carboxylic acids is 1. The van der Waals surface area contributed by atoms with Crippen molar-refractivity contribution in [2.45, 2.75) is 13.0 Å². The number of carbonyl (C=O) groups is 1. The molecule has 0 atom stereocenters. The van der Waals surface area contributed by atoms with Gasteiger partial charge >= 0.3 is 5.97 Å². The van der Waals surface area contributed by atoms with Crippen molar-refractivity contribution < 1.29 is 19.0 Å². The van der Waals surface area contributed by atoms with Gasteiger partial charge in [-0.25, -0.2) is 14.4 Å². The lowest BCUT2D eigenvalue weighted by Crippen LogP contribution is -2.06. The van der Waals surface area contributed by atoms with Crippen LogP contribution in [0.2, 0.25) is 0 Å². The molecule has 0 radical (unpaired) electrons. The van der Waals surface area contributed by atoms with E-state index in [-0.39, 0.29) is 13.0 Å². The van der Waals surface area contributed by atoms with Crippen molar-refractivity contribution in [1.29, 1.82) is 0 Å². The first-order chi connectivity index (χ1) is 17.5. The van der Waals surface area contributed by atoms with E-state index in [4.69, 9.17) is 14.9 Å². The van der Waals surface area contributed by atoms with E-state index in [1.165, 1.54) is 13.2 Å². The molecule has 0 amide bonds. The third-order valence-corrected chi connectivity index (χ3v) is 5.58. The molecule has 36 heavy (non-hydrogen) atoms. The van der Waals surface area contributed by atoms with Gasteiger partial charge in [-0.05, 0) is 29.8 Å². The molecule has 0 saturated carbocycles. The quantitative estimate of drug-likeness (QED) is 0.332. The monoisotopic (exact) mass is 484 g/mol. The summed E-state index contributed by atoms with van der Waals surface area (Å²) in [6.45, 7) is 0.151. The van der Waals surface area contributed by atoms with Crippen LogP contribution >= 0.6 is 0 Å². The number of hydrogen-bond donors (Lipinski definition) is 2. The third kappa shape index (κ3) is 4.69. The van der Waals surface area contributed by atoms with Gasteiger partial charge in [0.25, 0.3) is 0 Å². The molecule has 0 spiro atoms. The predicted octanol–water partition coefficient (Wildman–Crippen LogP) is 4.46. The summed E-state index contributed by atoms with van der Waals surface area (Å²) < 4.78 is 21.9. The van der Waals surface area contributed by atoms with Crippen molar-refractivity contribution in [3.8, 4) is 17.3 Å². The van der Waals surface area contributed by atoms with Crippen molar-refractivity contribution in [3.05, 3.63) is 90.1 Å². The summed E-state index contributed by atoms with van der Waals surface area (Å²) in [6.07, 6.45) is 4.66. The van der Waals surface area contributed by atoms with Crippen LogP contribution in [0.25, 0.3) is 22.4 Å². The number of pyridine rings is 1. The van der Waals surface area contributed by atoms with Gasteiger partial charge in [0.1, 0.15) is 11.5 Å². The number of fused-ring (bicyclic) bond motifs is 1. The van der Waals surface area contributed by atoms with Crippen molar-refractivity contribution >= 4 is 28.4 Å². The fourth-order valence-corrected chi connectivity index (χ4v) is 3.87. The predicted molar refractivity (Wildman–Crippen MR) is 132 cm³/mol. The van der Waals surface area contributed by atoms with Crippen LogP contribution in [0.5, 0.6) is 5.75 Å². The van der Waals surface area contributed by atoms with Gasteiger partial charge in [-0.2, -0.15) is 5.10 Å². The minimum atomic E-state index is -1.01. The molecule has 3 heterocycles. The van der Waals surface area contributed by atoms with Crippen LogP contribution in [0.15, 0.2) is 73.2 Å². The Morgan fingerprint density at radius 3 is 2.69 bits per heavy atom. The van der Waals surface area contributed by atoms with Gasteiger partial charge in [-0.3, -0.25) is 14.5 Å². The first-order valence-corrected chi connectivity index (χ1v) is 11.0. The van der Waals surface area contributed by atoms with Crippen LogP contribution in [0.4, 0.5) is 15.9 Å². The topological polar surface area (TPSA) is 115 Å². The number of ether oxygens (including phenoxy) is 1. The van der Waals surface area contributed by atoms with Crippen molar-refractivity contribution in [2.75, 3.05) is 12.4 Å². The van der Waals surface area contributed by atoms with Gasteiger partial charge in [0.15, 0.2) is 17.4 Å². The Bertz CT molecular complexity index is 1550. The van der Waals surface area contributed by atoms with Crippen LogP contribution in [0.1, 0.15) is 11.1 Å². The summed E-state index contributed by atoms with van der Waals surface area (Å²) in [4.78, 5) is 24.1. The molecule has 2 N–H and O–H groups in total. The smallest absolute Gasteiger partial charge is 0.307 e. The number of methoxy groups -OCH3 is 1. The highest BCUT2D eigenvalue weighted by atomic mass is 19.1. The Labute approximate surface area is 205 Å². The van der Waals surface area contributed by atoms with Crippen LogP contribution in [0, 0.1) is 5.82 Å². The van der Waals surface area contributed by atoms with E-state index in [1.807, 2.05) is 36.4 Å². The van der Waals surface area contributed by atoms with E-state index in [2.05, 4.69) is 20.3 Å². The van der Waals surface area contributed by atoms with Gasteiger partial charge in [0, 0.05) is 29.0 Å². The Morgan fingerprint density at radius 1 is 1.14 bits per heavy atom. The van der Waals surface area contributed by atoms with Crippen molar-refractivity contribution in [1.82, 2.24) is 24.7 Å². The number of carboxylic acid groups (broad SMARTS) is 1. The van der Waals surface area contributed by atoms with Crippen molar-refractivity contribution in [3.63, 3.8) is 0 Å². The molecule has 9 nitrogen and oxygen atoms in total. The zero-order valence-corrected chi connectivity index (χ0v) is 19.2. The molecule has 10 heteroatoms. The molecule has 180 valence electrons. The molecule has 3 aromatic heterocycles. The van der Waals surface area contributed by atoms with E-state index in [1.54, 1.807) is 35.4 Å². The maximum Gasteiger partial charge on any atom is 0.307 e. The molecular formula is C26H21FN6O3. The molecule has 0 bridgehead atoms. The average molecular weight is 484 g/mol. The zero-order valence-electron chi connectivity index (χ0n) is 19.2. The van der Waals surface area contributed by atoms with Crippen LogP contribution in [-0.2, 0) is 17.8 Å². The molecule has 0 aliphatic carbocycles. The second-order valence-corrected chi connectivity index (χ2v) is 7.99. The van der Waals surface area contributed by atoms with E-state index in [9.17, 15) is 9.18 Å². The summed E-state index contributed by atoms with van der Waals surface area (Å²) in [5.41, 5.74) is 2.89. The fraction of sp³-hybridized carbons (Fsp3) is 0.115. The lowest BCUT2D eigenvalue weighted by molar-refractivity contribution is -0.136.